The summed E-state index contributed by atoms with van der Waals surface area (Å²) in [5.74, 6) is 0.462. The fraction of sp³-hybridized carbons (Fsp3) is 0.417. The number of aryl methyl sites for hydroxylation is 1. The van der Waals surface area contributed by atoms with Crippen LogP contribution in [0, 0.1) is 0 Å². The van der Waals surface area contributed by atoms with Crippen molar-refractivity contribution in [1.82, 2.24) is 0 Å². The number of ether oxygens (including phenoxy) is 1. The summed E-state index contributed by atoms with van der Waals surface area (Å²) in [5.41, 5.74) is 1.62. The van der Waals surface area contributed by atoms with Crippen molar-refractivity contribution in [3.8, 4) is 11.5 Å². The van der Waals surface area contributed by atoms with E-state index in [4.69, 9.17) is 4.74 Å². The fourth-order valence-electron chi connectivity index (χ4n) is 1.56. The Balaban J connectivity index is 3.36. The third-order valence-electron chi connectivity index (χ3n) is 2.40. The van der Waals surface area contributed by atoms with E-state index in [0.717, 1.165) is 16.5 Å². The molecule has 0 aliphatic rings. The van der Waals surface area contributed by atoms with Crippen molar-refractivity contribution in [2.45, 2.75) is 26.7 Å². The Hall–Kier alpha value is -1.03. The van der Waals surface area contributed by atoms with Gasteiger partial charge in [0.1, 0.15) is 5.78 Å². The van der Waals surface area contributed by atoms with Crippen LogP contribution >= 0.6 is 15.9 Å². The first-order valence-corrected chi connectivity index (χ1v) is 5.87. The second-order valence-corrected chi connectivity index (χ2v) is 4.40. The molecule has 4 heteroatoms. The van der Waals surface area contributed by atoms with E-state index < -0.39 is 0 Å². The Morgan fingerprint density at radius 2 is 2.19 bits per heavy atom. The summed E-state index contributed by atoms with van der Waals surface area (Å²) in [6.45, 7) is 3.51. The van der Waals surface area contributed by atoms with Gasteiger partial charge in [0.25, 0.3) is 0 Å². The molecule has 0 spiro atoms. The van der Waals surface area contributed by atoms with Crippen LogP contribution in [0.15, 0.2) is 10.5 Å². The number of rotatable bonds is 4. The number of phenols is 1. The summed E-state index contributed by atoms with van der Waals surface area (Å²) in [5, 5.41) is 9.93. The molecule has 0 saturated carbocycles. The molecular weight excluding hydrogens is 272 g/mol. The average molecular weight is 287 g/mol. The zero-order chi connectivity index (χ0) is 12.3. The number of benzene rings is 1. The Morgan fingerprint density at radius 1 is 1.56 bits per heavy atom. The van der Waals surface area contributed by atoms with E-state index in [1.54, 1.807) is 6.07 Å². The molecule has 0 aliphatic heterocycles. The molecule has 1 aromatic carbocycles. The molecule has 88 valence electrons. The number of hydrogen-bond donors (Lipinski definition) is 1. The second kappa shape index (κ2) is 5.34. The molecule has 16 heavy (non-hydrogen) atoms. The van der Waals surface area contributed by atoms with Crippen molar-refractivity contribution in [2.75, 3.05) is 7.11 Å². The van der Waals surface area contributed by atoms with Gasteiger partial charge in [-0.25, -0.2) is 0 Å². The minimum Gasteiger partial charge on any atom is -0.504 e. The summed E-state index contributed by atoms with van der Waals surface area (Å²) < 4.78 is 5.88. The van der Waals surface area contributed by atoms with Gasteiger partial charge in [0, 0.05) is 16.5 Å². The van der Waals surface area contributed by atoms with Crippen molar-refractivity contribution in [1.29, 1.82) is 0 Å². The summed E-state index contributed by atoms with van der Waals surface area (Å²) in [4.78, 5) is 11.1. The molecule has 1 rings (SSSR count). The summed E-state index contributed by atoms with van der Waals surface area (Å²) >= 11 is 3.42. The van der Waals surface area contributed by atoms with Crippen molar-refractivity contribution >= 4 is 21.7 Å². The molecule has 0 unspecified atom stereocenters. The van der Waals surface area contributed by atoms with Crippen molar-refractivity contribution in [3.63, 3.8) is 0 Å². The smallest absolute Gasteiger partial charge is 0.162 e. The van der Waals surface area contributed by atoms with Crippen LogP contribution in [0.3, 0.4) is 0 Å². The number of Topliss-reactive ketones (excluding diaryl/α,β-unsaturated/α-hetero) is 1. The van der Waals surface area contributed by atoms with E-state index in [0.29, 0.717) is 11.3 Å². The summed E-state index contributed by atoms with van der Waals surface area (Å²) in [6, 6.07) is 1.78. The number of hydrogen-bond acceptors (Lipinski definition) is 3. The minimum absolute atomic E-state index is 0.00584. The lowest BCUT2D eigenvalue weighted by Crippen LogP contribution is -2.01. The average Bonchev–Trinajstić information content (AvgIpc) is 2.24. The number of aromatic hydroxyl groups is 1. The van der Waals surface area contributed by atoms with Gasteiger partial charge in [-0.15, -0.1) is 0 Å². The highest BCUT2D eigenvalue weighted by molar-refractivity contribution is 9.10. The van der Waals surface area contributed by atoms with Gasteiger partial charge in [-0.05, 0) is 25.0 Å². The van der Waals surface area contributed by atoms with Gasteiger partial charge in [-0.2, -0.15) is 0 Å². The Labute approximate surface area is 104 Å². The second-order valence-electron chi connectivity index (χ2n) is 3.61. The van der Waals surface area contributed by atoms with Gasteiger partial charge in [-0.1, -0.05) is 22.9 Å². The predicted octanol–water partition coefficient (Wildman–Crippen LogP) is 2.86. The SMILES string of the molecule is CCc1cc(OC)c(O)c(CC(C)=O)c1Br. The van der Waals surface area contributed by atoms with Gasteiger partial charge in [-0.3, -0.25) is 4.79 Å². The van der Waals surface area contributed by atoms with E-state index in [1.807, 2.05) is 6.92 Å². The highest BCUT2D eigenvalue weighted by Crippen LogP contribution is 2.38. The fourth-order valence-corrected chi connectivity index (χ4v) is 2.28. The molecule has 1 aromatic rings. The standard InChI is InChI=1S/C12H15BrO3/c1-4-8-6-10(16-3)12(15)9(11(8)13)5-7(2)14/h6,15H,4-5H2,1-3H3. The predicted molar refractivity (Wildman–Crippen MR) is 66.1 cm³/mol. The van der Waals surface area contributed by atoms with E-state index in [1.165, 1.54) is 14.0 Å². The molecule has 0 atom stereocenters. The first kappa shape index (κ1) is 13.0. The van der Waals surface area contributed by atoms with E-state index in [-0.39, 0.29) is 18.0 Å². The number of halogens is 1. The largest absolute Gasteiger partial charge is 0.504 e. The molecule has 1 N–H and O–H groups in total. The van der Waals surface area contributed by atoms with Crippen LogP contribution < -0.4 is 4.74 Å². The molecule has 0 heterocycles. The third-order valence-corrected chi connectivity index (χ3v) is 3.39. The Kier molecular flexibility index (Phi) is 4.35. The van der Waals surface area contributed by atoms with Gasteiger partial charge < -0.3 is 9.84 Å². The zero-order valence-electron chi connectivity index (χ0n) is 9.63. The maximum atomic E-state index is 11.1. The summed E-state index contributed by atoms with van der Waals surface area (Å²) in [7, 11) is 1.50. The number of methoxy groups -OCH3 is 1. The quantitative estimate of drug-likeness (QED) is 0.926. The van der Waals surface area contributed by atoms with Crippen molar-refractivity contribution < 1.29 is 14.6 Å². The Bertz CT molecular complexity index is 385. The number of ketones is 1. The van der Waals surface area contributed by atoms with Crippen LogP contribution in [-0.2, 0) is 17.6 Å². The third kappa shape index (κ3) is 2.55. The monoisotopic (exact) mass is 286 g/mol. The number of carbonyl (C=O) groups excluding carboxylic acids is 1. The molecule has 3 nitrogen and oxygen atoms in total. The molecule has 0 saturated heterocycles. The van der Waals surface area contributed by atoms with Crippen LogP contribution in [0.4, 0.5) is 0 Å². The van der Waals surface area contributed by atoms with Crippen LogP contribution in [0.1, 0.15) is 25.0 Å². The van der Waals surface area contributed by atoms with E-state index in [2.05, 4.69) is 15.9 Å². The normalized spacial score (nSPS) is 10.2. The lowest BCUT2D eigenvalue weighted by atomic mass is 10.0. The molecule has 0 bridgehead atoms. The molecule has 0 aliphatic carbocycles. The van der Waals surface area contributed by atoms with Crippen LogP contribution in [-0.4, -0.2) is 18.0 Å². The summed E-state index contributed by atoms with van der Waals surface area (Å²) in [6.07, 6.45) is 1.01. The van der Waals surface area contributed by atoms with Gasteiger partial charge in [0.15, 0.2) is 11.5 Å². The van der Waals surface area contributed by atoms with Gasteiger partial charge >= 0.3 is 0 Å². The van der Waals surface area contributed by atoms with Crippen LogP contribution in [0.2, 0.25) is 0 Å². The number of phenolic OH excluding ortho intramolecular Hbond substituents is 1. The first-order valence-electron chi connectivity index (χ1n) is 5.07. The molecule has 0 radical (unpaired) electrons. The van der Waals surface area contributed by atoms with Crippen molar-refractivity contribution in [2.24, 2.45) is 0 Å². The zero-order valence-corrected chi connectivity index (χ0v) is 11.2. The lowest BCUT2D eigenvalue weighted by molar-refractivity contribution is -0.116. The maximum absolute atomic E-state index is 11.1. The van der Waals surface area contributed by atoms with Crippen LogP contribution in [0.5, 0.6) is 11.5 Å². The number of carbonyl (C=O) groups is 1. The van der Waals surface area contributed by atoms with Crippen LogP contribution in [0.25, 0.3) is 0 Å². The Morgan fingerprint density at radius 3 is 2.62 bits per heavy atom. The highest BCUT2D eigenvalue weighted by atomic mass is 79.9. The van der Waals surface area contributed by atoms with Gasteiger partial charge in [0.2, 0.25) is 0 Å². The van der Waals surface area contributed by atoms with Crippen molar-refractivity contribution in [3.05, 3.63) is 21.7 Å². The molecule has 0 amide bonds. The molecule has 0 aromatic heterocycles. The first-order chi connectivity index (χ1) is 7.51. The topological polar surface area (TPSA) is 46.5 Å². The maximum Gasteiger partial charge on any atom is 0.162 e. The highest BCUT2D eigenvalue weighted by Gasteiger charge is 2.16. The minimum atomic E-state index is 0.00584. The lowest BCUT2D eigenvalue weighted by Gasteiger charge is -2.13. The molecule has 0 fully saturated rings. The van der Waals surface area contributed by atoms with E-state index in [9.17, 15) is 9.90 Å². The molecular formula is C12H15BrO3. The van der Waals surface area contributed by atoms with Gasteiger partial charge in [0.05, 0.1) is 7.11 Å². The van der Waals surface area contributed by atoms with E-state index >= 15 is 0 Å².